The average molecular weight is 1030 g/mol. The van der Waals surface area contributed by atoms with Gasteiger partial charge in [-0.05, 0) is 64.2 Å². The number of carbonyl (C=O) groups is 2. The van der Waals surface area contributed by atoms with Gasteiger partial charge in [-0.15, -0.1) is 0 Å². The van der Waals surface area contributed by atoms with Gasteiger partial charge in [-0.25, -0.2) is 0 Å². The second-order valence-corrected chi connectivity index (χ2v) is 20.7. The molecule has 73 heavy (non-hydrogen) atoms. The molecular weight excluding hydrogens is 919 g/mol. The first kappa shape index (κ1) is 68.4. The van der Waals surface area contributed by atoms with Crippen molar-refractivity contribution in [2.45, 2.75) is 307 Å². The van der Waals surface area contributed by atoms with Crippen LogP contribution in [0.5, 0.6) is 0 Å². The third-order valence-electron chi connectivity index (χ3n) is 13.9. The van der Waals surface area contributed by atoms with E-state index in [1.807, 2.05) is 12.2 Å². The van der Waals surface area contributed by atoms with Crippen LogP contribution < -0.4 is 5.32 Å². The van der Waals surface area contributed by atoms with Gasteiger partial charge in [-0.3, -0.25) is 9.59 Å². The summed E-state index contributed by atoms with van der Waals surface area (Å²) in [4.78, 5) is 26.5. The number of rotatable bonds is 50. The monoisotopic (exact) mass is 1030 g/mol. The lowest BCUT2D eigenvalue weighted by atomic mass is 9.99. The highest BCUT2D eigenvalue weighted by molar-refractivity contribution is 5.80. The van der Waals surface area contributed by atoms with Crippen LogP contribution in [0.25, 0.3) is 0 Å². The molecule has 1 amide bonds. The van der Waals surface area contributed by atoms with Crippen LogP contribution in [0.4, 0.5) is 0 Å². The van der Waals surface area contributed by atoms with Crippen LogP contribution in [-0.4, -0.2) is 99.6 Å². The van der Waals surface area contributed by atoms with Gasteiger partial charge in [0.25, 0.3) is 0 Å². The Labute approximate surface area is 446 Å². The Bertz CT molecular complexity index is 1420. The molecule has 8 unspecified atom stereocenters. The summed E-state index contributed by atoms with van der Waals surface area (Å²) in [5.41, 5.74) is 0. The van der Waals surface area contributed by atoms with Crippen molar-refractivity contribution >= 4 is 11.9 Å². The number of allylic oxidation sites excluding steroid dienone is 9. The molecular formula is C62H111NO10. The van der Waals surface area contributed by atoms with Crippen molar-refractivity contribution in [1.29, 1.82) is 0 Å². The van der Waals surface area contributed by atoms with Crippen LogP contribution >= 0.6 is 0 Å². The lowest BCUT2D eigenvalue weighted by molar-refractivity contribution is -0.305. The zero-order valence-corrected chi connectivity index (χ0v) is 46.7. The molecule has 1 aliphatic rings. The highest BCUT2D eigenvalue weighted by atomic mass is 16.7. The molecule has 6 N–H and O–H groups in total. The van der Waals surface area contributed by atoms with Gasteiger partial charge in [-0.1, -0.05) is 248 Å². The second kappa shape index (κ2) is 50.2. The first-order chi connectivity index (χ1) is 35.7. The molecule has 1 heterocycles. The Kier molecular flexibility index (Phi) is 47.0. The molecule has 0 saturated carbocycles. The lowest BCUT2D eigenvalue weighted by Gasteiger charge is -2.41. The molecule has 8 atom stereocenters. The molecule has 0 aromatic carbocycles. The fourth-order valence-corrected chi connectivity index (χ4v) is 9.11. The first-order valence-electron chi connectivity index (χ1n) is 30.1. The maximum atomic E-state index is 13.4. The fraction of sp³-hybridized carbons (Fsp3) is 0.806. The number of carbonyl (C=O) groups excluding carboxylic acids is 2. The summed E-state index contributed by atoms with van der Waals surface area (Å²) in [6, 6.07) is -1.03. The number of amides is 1. The van der Waals surface area contributed by atoms with Gasteiger partial charge in [0.1, 0.15) is 24.4 Å². The normalized spacial score (nSPS) is 19.8. The maximum Gasteiger partial charge on any atom is 0.306 e. The van der Waals surface area contributed by atoms with E-state index >= 15 is 0 Å². The predicted molar refractivity (Wildman–Crippen MR) is 301 cm³/mol. The van der Waals surface area contributed by atoms with Gasteiger partial charge in [0, 0.05) is 6.42 Å². The van der Waals surface area contributed by atoms with Gasteiger partial charge in [0.2, 0.25) is 5.91 Å². The van der Waals surface area contributed by atoms with Crippen molar-refractivity contribution in [3.63, 3.8) is 0 Å². The van der Waals surface area contributed by atoms with E-state index in [-0.39, 0.29) is 19.4 Å². The summed E-state index contributed by atoms with van der Waals surface area (Å²) < 4.78 is 17.5. The van der Waals surface area contributed by atoms with Crippen LogP contribution in [0, 0.1) is 0 Å². The predicted octanol–water partition coefficient (Wildman–Crippen LogP) is 13.8. The topological polar surface area (TPSA) is 175 Å². The van der Waals surface area contributed by atoms with Crippen LogP contribution in [-0.2, 0) is 23.8 Å². The van der Waals surface area contributed by atoms with Crippen molar-refractivity contribution in [2.75, 3.05) is 13.2 Å². The Morgan fingerprint density at radius 3 is 1.44 bits per heavy atom. The molecule has 1 rings (SSSR count). The highest BCUT2D eigenvalue weighted by Gasteiger charge is 2.47. The Balaban J connectivity index is 2.72. The van der Waals surface area contributed by atoms with Crippen LogP contribution in [0.1, 0.15) is 258 Å². The summed E-state index contributed by atoms with van der Waals surface area (Å²) in [6.45, 7) is 5.73. The zero-order valence-electron chi connectivity index (χ0n) is 46.7. The molecule has 11 heteroatoms. The quantitative estimate of drug-likeness (QED) is 0.0195. The number of aliphatic hydroxyl groups excluding tert-OH is 5. The van der Waals surface area contributed by atoms with E-state index in [2.05, 4.69) is 68.6 Å². The molecule has 0 aliphatic carbocycles. The minimum atomic E-state index is -1.64. The number of aliphatic hydroxyl groups is 5. The van der Waals surface area contributed by atoms with Gasteiger partial charge in [-0.2, -0.15) is 0 Å². The van der Waals surface area contributed by atoms with Gasteiger partial charge < -0.3 is 45.1 Å². The van der Waals surface area contributed by atoms with E-state index in [1.54, 1.807) is 6.08 Å². The SMILES string of the molecule is CCCCC/C=C\C/C=C\C/C=C\C/C=C\CCCC(=O)OC1C(OCC(NC(=O)C(O)CCCCCCCCCCCCCCCCCC)C(O)/C=C/CCCCCCCCCCC)OC(CO)C(O)C1O. The second-order valence-electron chi connectivity index (χ2n) is 20.7. The Hall–Kier alpha value is -2.64. The molecule has 1 fully saturated rings. The highest BCUT2D eigenvalue weighted by Crippen LogP contribution is 2.26. The first-order valence-corrected chi connectivity index (χ1v) is 30.1. The zero-order chi connectivity index (χ0) is 53.3. The Morgan fingerprint density at radius 2 is 0.945 bits per heavy atom. The largest absolute Gasteiger partial charge is 0.454 e. The minimum absolute atomic E-state index is 0.0475. The number of ether oxygens (including phenoxy) is 3. The maximum absolute atomic E-state index is 13.4. The fourth-order valence-electron chi connectivity index (χ4n) is 9.11. The van der Waals surface area contributed by atoms with Crippen molar-refractivity contribution in [3.05, 3.63) is 60.8 Å². The van der Waals surface area contributed by atoms with Crippen molar-refractivity contribution in [3.8, 4) is 0 Å². The summed E-state index contributed by atoms with van der Waals surface area (Å²) in [5, 5.41) is 56.8. The average Bonchev–Trinajstić information content (AvgIpc) is 3.39. The number of unbranched alkanes of at least 4 members (excludes halogenated alkanes) is 28. The molecule has 0 bridgehead atoms. The minimum Gasteiger partial charge on any atom is -0.454 e. The smallest absolute Gasteiger partial charge is 0.306 e. The van der Waals surface area contributed by atoms with E-state index in [9.17, 15) is 35.1 Å². The van der Waals surface area contributed by atoms with Crippen molar-refractivity contribution < 1.29 is 49.3 Å². The van der Waals surface area contributed by atoms with E-state index in [0.717, 1.165) is 64.2 Å². The van der Waals surface area contributed by atoms with E-state index in [1.165, 1.54) is 141 Å². The van der Waals surface area contributed by atoms with Crippen LogP contribution in [0.2, 0.25) is 0 Å². The van der Waals surface area contributed by atoms with Gasteiger partial charge in [0.15, 0.2) is 12.4 Å². The van der Waals surface area contributed by atoms with E-state index in [4.69, 9.17) is 14.2 Å². The standard InChI is InChI=1S/C62H111NO10/c1-4-7-10-13-16-19-22-24-26-28-30-32-35-38-41-44-47-50-57(67)73-60-59(69)58(68)56(51-64)72-62(60)71-52-53(54(65)48-45-42-39-36-33-21-18-15-12-9-6-3)63-61(70)55(66)49-46-43-40-37-34-31-29-27-25-23-20-17-14-11-8-5-2/h16,19,24,26,30,32,38,41,45,48,53-56,58-60,62,64-66,68-69H,4-15,17-18,20-23,25,27-29,31,33-37,39-40,42-44,46-47,49-52H2,1-3H3,(H,63,70)/b19-16-,26-24-,32-30-,41-38-,48-45+. The van der Waals surface area contributed by atoms with Crippen LogP contribution in [0.3, 0.4) is 0 Å². The number of hydrogen-bond acceptors (Lipinski definition) is 10. The van der Waals surface area contributed by atoms with Crippen LogP contribution in [0.15, 0.2) is 60.8 Å². The molecule has 0 aromatic rings. The molecule has 11 nitrogen and oxygen atoms in total. The number of esters is 1. The summed E-state index contributed by atoms with van der Waals surface area (Å²) >= 11 is 0. The lowest BCUT2D eigenvalue weighted by Crippen LogP contribution is -2.61. The molecule has 0 aromatic heterocycles. The third-order valence-corrected chi connectivity index (χ3v) is 13.9. The molecule has 1 saturated heterocycles. The summed E-state index contributed by atoms with van der Waals surface area (Å²) in [7, 11) is 0. The molecule has 0 radical (unpaired) electrons. The van der Waals surface area contributed by atoms with Crippen molar-refractivity contribution in [1.82, 2.24) is 5.32 Å². The van der Waals surface area contributed by atoms with E-state index < -0.39 is 67.4 Å². The number of nitrogens with one attached hydrogen (secondary N) is 1. The van der Waals surface area contributed by atoms with Gasteiger partial charge >= 0.3 is 5.97 Å². The Morgan fingerprint density at radius 1 is 0.534 bits per heavy atom. The van der Waals surface area contributed by atoms with Crippen molar-refractivity contribution in [2.24, 2.45) is 0 Å². The summed E-state index contributed by atoms with van der Waals surface area (Å²) in [6.07, 6.45) is 51.2. The summed E-state index contributed by atoms with van der Waals surface area (Å²) in [5.74, 6) is -1.25. The van der Waals surface area contributed by atoms with E-state index in [0.29, 0.717) is 19.3 Å². The molecule has 0 spiro atoms. The third kappa shape index (κ3) is 38.5. The molecule has 1 aliphatic heterocycles. The number of hydrogen-bond donors (Lipinski definition) is 6. The molecule has 424 valence electrons. The van der Waals surface area contributed by atoms with Gasteiger partial charge in [0.05, 0.1) is 25.4 Å².